The van der Waals surface area contributed by atoms with Crippen LogP contribution in [0.25, 0.3) is 0 Å². The number of halogens is 3. The van der Waals surface area contributed by atoms with E-state index in [0.717, 1.165) is 9.66 Å². The normalized spacial score (nSPS) is 11.0. The summed E-state index contributed by atoms with van der Waals surface area (Å²) < 4.78 is 15.0. The molecule has 72 valence electrons. The van der Waals surface area contributed by atoms with Gasteiger partial charge in [0.15, 0.2) is 0 Å². The van der Waals surface area contributed by atoms with Gasteiger partial charge in [-0.1, -0.05) is 60.4 Å². The molecule has 0 aliphatic carbocycles. The first-order chi connectivity index (χ1) is 5.82. The van der Waals surface area contributed by atoms with Crippen LogP contribution in [0, 0.1) is 11.9 Å². The van der Waals surface area contributed by atoms with E-state index >= 15 is 0 Å². The first-order valence-corrected chi connectivity index (χ1v) is 8.98. The molecule has 0 aromatic heterocycles. The Hall–Kier alpha value is 0.924. The monoisotopic (exact) mass is 330 g/mol. The van der Waals surface area contributed by atoms with E-state index < -0.39 is 8.07 Å². The average Bonchev–Trinajstić information content (AvgIpc) is 1.78. The Morgan fingerprint density at radius 1 is 1.29 bits per heavy atom. The van der Waals surface area contributed by atoms with E-state index in [1.54, 1.807) is 0 Å². The Labute approximate surface area is 114 Å². The van der Waals surface area contributed by atoms with Gasteiger partial charge in [0.25, 0.3) is 0 Å². The van der Waals surface area contributed by atoms with Crippen LogP contribution in [0.5, 0.6) is 0 Å². The molecule has 0 heterocycles. The minimum atomic E-state index is -1.62. The van der Waals surface area contributed by atoms with Crippen LogP contribution in [-0.2, 0) is 0 Å². The van der Waals surface area contributed by atoms with Gasteiger partial charge in [-0.05, 0) is 0 Å². The van der Waals surface area contributed by atoms with Crippen molar-refractivity contribution in [3.05, 3.63) is 26.9 Å². The maximum absolute atomic E-state index is 13.5. The summed E-state index contributed by atoms with van der Waals surface area (Å²) in [7, 11) is -1.62. The molecule has 0 spiro atoms. The van der Waals surface area contributed by atoms with Crippen molar-refractivity contribution in [2.45, 2.75) is 19.6 Å². The molecule has 0 radical (unpaired) electrons. The molecule has 0 saturated heterocycles. The van der Waals surface area contributed by atoms with Crippen molar-refractivity contribution in [3.8, 4) is 0 Å². The average molecular weight is 332 g/mol. The molecule has 1 aromatic rings. The number of benzene rings is 1. The van der Waals surface area contributed by atoms with Crippen LogP contribution in [-0.4, -0.2) is 8.07 Å². The van der Waals surface area contributed by atoms with Crippen molar-refractivity contribution in [2.24, 2.45) is 0 Å². The molecule has 5 heteroatoms. The van der Waals surface area contributed by atoms with Crippen LogP contribution in [0.3, 0.4) is 0 Å². The Kier molecular flexibility index (Phi) is 5.66. The van der Waals surface area contributed by atoms with E-state index in [2.05, 4.69) is 57.6 Å². The molecule has 0 saturated carbocycles. The molecule has 14 heavy (non-hydrogen) atoms. The molecule has 0 nitrogen and oxygen atoms in total. The molecule has 0 unspecified atom stereocenters. The second-order valence-electron chi connectivity index (χ2n) is 3.90. The summed E-state index contributed by atoms with van der Waals surface area (Å²) in [6, 6.07) is 4.48. The SMILES string of the molecule is C[Si](C)(C)c1c(F)[c-]c(Br)cc1Br.[Li+]. The van der Waals surface area contributed by atoms with E-state index in [-0.39, 0.29) is 24.7 Å². The number of rotatable bonds is 1. The van der Waals surface area contributed by atoms with Crippen LogP contribution in [0.15, 0.2) is 15.0 Å². The van der Waals surface area contributed by atoms with Crippen LogP contribution in [0.2, 0.25) is 19.6 Å². The molecule has 0 fully saturated rings. The fourth-order valence-corrected chi connectivity index (χ4v) is 5.59. The van der Waals surface area contributed by atoms with E-state index in [1.807, 2.05) is 6.07 Å². The van der Waals surface area contributed by atoms with Gasteiger partial charge < -0.3 is 0 Å². The summed E-state index contributed by atoms with van der Waals surface area (Å²) in [6.07, 6.45) is 0. The van der Waals surface area contributed by atoms with Gasteiger partial charge in [0.1, 0.15) is 0 Å². The zero-order chi connectivity index (χ0) is 10.2. The van der Waals surface area contributed by atoms with E-state index in [4.69, 9.17) is 0 Å². The van der Waals surface area contributed by atoms with E-state index in [0.29, 0.717) is 4.47 Å². The third-order valence-corrected chi connectivity index (χ3v) is 5.10. The van der Waals surface area contributed by atoms with Crippen LogP contribution < -0.4 is 24.0 Å². The summed E-state index contributed by atoms with van der Waals surface area (Å²) >= 11 is 6.58. The predicted molar refractivity (Wildman–Crippen MR) is 63.6 cm³/mol. The molecule has 0 atom stereocenters. The minimum Gasteiger partial charge on any atom is -0.236 e. The summed E-state index contributed by atoms with van der Waals surface area (Å²) in [5.41, 5.74) is 0. The molecule has 0 aliphatic rings. The van der Waals surface area contributed by atoms with Crippen molar-refractivity contribution in [2.75, 3.05) is 0 Å². The van der Waals surface area contributed by atoms with Gasteiger partial charge in [0.2, 0.25) is 0 Å². The van der Waals surface area contributed by atoms with Crippen LogP contribution >= 0.6 is 31.9 Å². The molecule has 0 bridgehead atoms. The number of hydrogen-bond acceptors (Lipinski definition) is 0. The summed E-state index contributed by atoms with van der Waals surface area (Å²) in [6.45, 7) is 6.33. The van der Waals surface area contributed by atoms with Crippen molar-refractivity contribution in [3.63, 3.8) is 0 Å². The van der Waals surface area contributed by atoms with Gasteiger partial charge in [0, 0.05) is 13.9 Å². The molecular formula is C9H10Br2FLiSi. The van der Waals surface area contributed by atoms with Crippen LogP contribution in [0.4, 0.5) is 4.39 Å². The standard InChI is InChI=1S/C9H10Br2FSi.Li/c1-13(2,3)9-7(11)4-6(10)5-8(9)12;/h4H,1-3H3;/q-1;+1. The third-order valence-electron chi connectivity index (χ3n) is 1.69. The van der Waals surface area contributed by atoms with Gasteiger partial charge >= 0.3 is 18.9 Å². The maximum Gasteiger partial charge on any atom is 1.00 e. The first-order valence-electron chi connectivity index (χ1n) is 3.89. The Morgan fingerprint density at radius 3 is 2.14 bits per heavy atom. The van der Waals surface area contributed by atoms with Gasteiger partial charge in [-0.3, -0.25) is 0 Å². The van der Waals surface area contributed by atoms with Crippen molar-refractivity contribution < 1.29 is 23.3 Å². The van der Waals surface area contributed by atoms with Crippen molar-refractivity contribution in [1.82, 2.24) is 0 Å². The third kappa shape index (κ3) is 3.50. The summed E-state index contributed by atoms with van der Waals surface area (Å²) in [5.74, 6) is -0.236. The Morgan fingerprint density at radius 2 is 1.79 bits per heavy atom. The summed E-state index contributed by atoms with van der Waals surface area (Å²) in [4.78, 5) is 0. The molecule has 0 N–H and O–H groups in total. The first kappa shape index (κ1) is 14.9. The molecule has 1 rings (SSSR count). The predicted octanol–water partition coefficient (Wildman–Crippen LogP) is 0.700. The largest absolute Gasteiger partial charge is 1.00 e. The minimum absolute atomic E-state index is 0. The van der Waals surface area contributed by atoms with Crippen LogP contribution in [0.1, 0.15) is 0 Å². The maximum atomic E-state index is 13.5. The second kappa shape index (κ2) is 5.31. The van der Waals surface area contributed by atoms with E-state index in [1.165, 1.54) is 0 Å². The van der Waals surface area contributed by atoms with Gasteiger partial charge in [-0.2, -0.15) is 0 Å². The quantitative estimate of drug-likeness (QED) is 0.525. The molecule has 0 amide bonds. The summed E-state index contributed by atoms with van der Waals surface area (Å²) in [5, 5.41) is 0.802. The number of hydrogen-bond donors (Lipinski definition) is 0. The zero-order valence-electron chi connectivity index (χ0n) is 8.71. The molecular weight excluding hydrogens is 322 g/mol. The van der Waals surface area contributed by atoms with Gasteiger partial charge in [-0.25, -0.2) is 4.39 Å². The molecule has 1 aromatic carbocycles. The smallest absolute Gasteiger partial charge is 0.236 e. The van der Waals surface area contributed by atoms with E-state index in [9.17, 15) is 4.39 Å². The topological polar surface area (TPSA) is 0 Å². The fourth-order valence-electron chi connectivity index (χ4n) is 1.18. The fraction of sp³-hybridized carbons (Fsp3) is 0.333. The van der Waals surface area contributed by atoms with Crippen molar-refractivity contribution in [1.29, 1.82) is 0 Å². The Balaban J connectivity index is 0.00000169. The van der Waals surface area contributed by atoms with Gasteiger partial charge in [-0.15, -0.1) is 17.3 Å². The molecule has 0 aliphatic heterocycles. The Bertz CT molecular complexity index is 313. The second-order valence-corrected chi connectivity index (χ2v) is 10.6. The zero-order valence-corrected chi connectivity index (χ0v) is 12.9. The van der Waals surface area contributed by atoms with Crippen molar-refractivity contribution >= 4 is 45.1 Å². The van der Waals surface area contributed by atoms with Gasteiger partial charge in [0.05, 0.1) is 0 Å².